The SMILES string of the molecule is O=CNNC(=O)c1ccc(N2CCC(OC3CCCCC3)CC2)cc1. The number of carbonyl (C=O) groups excluding carboxylic acids is 2. The number of hydrogen-bond acceptors (Lipinski definition) is 4. The number of nitrogens with one attached hydrogen (secondary N) is 2. The minimum absolute atomic E-state index is 0.321. The molecular formula is C19H27N3O3. The summed E-state index contributed by atoms with van der Waals surface area (Å²) in [5, 5.41) is 0. The van der Waals surface area contributed by atoms with Crippen LogP contribution in [0.4, 0.5) is 5.69 Å². The van der Waals surface area contributed by atoms with Gasteiger partial charge in [-0.2, -0.15) is 0 Å². The van der Waals surface area contributed by atoms with Crippen LogP contribution in [0.3, 0.4) is 0 Å². The first kappa shape index (κ1) is 17.7. The average molecular weight is 345 g/mol. The number of benzene rings is 1. The number of nitrogens with zero attached hydrogens (tertiary/aromatic N) is 1. The van der Waals surface area contributed by atoms with Crippen molar-refractivity contribution in [3.05, 3.63) is 29.8 Å². The predicted molar refractivity (Wildman–Crippen MR) is 96.3 cm³/mol. The van der Waals surface area contributed by atoms with E-state index in [1.807, 2.05) is 12.1 Å². The van der Waals surface area contributed by atoms with E-state index in [0.717, 1.165) is 31.6 Å². The van der Waals surface area contributed by atoms with Crippen LogP contribution in [-0.4, -0.2) is 37.6 Å². The van der Waals surface area contributed by atoms with Crippen LogP contribution in [0.25, 0.3) is 0 Å². The molecule has 136 valence electrons. The van der Waals surface area contributed by atoms with E-state index in [9.17, 15) is 9.59 Å². The Morgan fingerprint density at radius 2 is 1.64 bits per heavy atom. The van der Waals surface area contributed by atoms with Crippen molar-refractivity contribution < 1.29 is 14.3 Å². The van der Waals surface area contributed by atoms with Gasteiger partial charge in [0.15, 0.2) is 0 Å². The van der Waals surface area contributed by atoms with E-state index in [1.54, 1.807) is 12.1 Å². The summed E-state index contributed by atoms with van der Waals surface area (Å²) in [6.45, 7) is 1.96. The van der Waals surface area contributed by atoms with Gasteiger partial charge in [0.05, 0.1) is 12.2 Å². The maximum absolute atomic E-state index is 11.8. The molecule has 3 rings (SSSR count). The smallest absolute Gasteiger partial charge is 0.269 e. The molecule has 2 amide bonds. The number of carbonyl (C=O) groups is 2. The Bertz CT molecular complexity index is 562. The highest BCUT2D eigenvalue weighted by molar-refractivity contribution is 5.94. The van der Waals surface area contributed by atoms with Crippen LogP contribution in [0, 0.1) is 0 Å². The largest absolute Gasteiger partial charge is 0.375 e. The van der Waals surface area contributed by atoms with Gasteiger partial charge < -0.3 is 9.64 Å². The second-order valence-corrected chi connectivity index (χ2v) is 6.85. The van der Waals surface area contributed by atoms with Crippen molar-refractivity contribution in [3.63, 3.8) is 0 Å². The summed E-state index contributed by atoms with van der Waals surface area (Å²) in [7, 11) is 0. The molecule has 1 saturated heterocycles. The zero-order valence-corrected chi connectivity index (χ0v) is 14.6. The van der Waals surface area contributed by atoms with Crippen molar-refractivity contribution in [2.75, 3.05) is 18.0 Å². The minimum Gasteiger partial charge on any atom is -0.375 e. The van der Waals surface area contributed by atoms with Crippen LogP contribution in [0.5, 0.6) is 0 Å². The first-order valence-corrected chi connectivity index (χ1v) is 9.26. The van der Waals surface area contributed by atoms with Gasteiger partial charge in [-0.15, -0.1) is 0 Å². The summed E-state index contributed by atoms with van der Waals surface area (Å²) < 4.78 is 6.29. The van der Waals surface area contributed by atoms with Gasteiger partial charge >= 0.3 is 0 Å². The maximum Gasteiger partial charge on any atom is 0.269 e. The standard InChI is InChI=1S/C19H27N3O3/c23-14-20-21-19(24)15-6-8-16(9-7-15)22-12-10-18(11-13-22)25-17-4-2-1-3-5-17/h6-9,14,17-18H,1-5,10-13H2,(H,20,23)(H,21,24). The predicted octanol–water partition coefficient (Wildman–Crippen LogP) is 2.40. The van der Waals surface area contributed by atoms with Crippen LogP contribution in [0.1, 0.15) is 55.3 Å². The minimum atomic E-state index is -0.321. The highest BCUT2D eigenvalue weighted by Crippen LogP contribution is 2.26. The molecule has 1 aromatic carbocycles. The Morgan fingerprint density at radius 3 is 2.28 bits per heavy atom. The van der Waals surface area contributed by atoms with Crippen LogP contribution in [-0.2, 0) is 9.53 Å². The highest BCUT2D eigenvalue weighted by Gasteiger charge is 2.24. The van der Waals surface area contributed by atoms with E-state index in [-0.39, 0.29) is 5.91 Å². The van der Waals surface area contributed by atoms with Gasteiger partial charge in [-0.05, 0) is 49.9 Å². The van der Waals surface area contributed by atoms with Crippen molar-refractivity contribution in [3.8, 4) is 0 Å². The fourth-order valence-corrected chi connectivity index (χ4v) is 3.71. The van der Waals surface area contributed by atoms with Crippen molar-refractivity contribution in [2.45, 2.75) is 57.2 Å². The summed E-state index contributed by atoms with van der Waals surface area (Å²) in [5.74, 6) is -0.321. The van der Waals surface area contributed by atoms with E-state index < -0.39 is 0 Å². The molecule has 1 aliphatic carbocycles. The third kappa shape index (κ3) is 4.95. The molecule has 0 aromatic heterocycles. The van der Waals surface area contributed by atoms with Gasteiger partial charge in [0, 0.05) is 24.3 Å². The fraction of sp³-hybridized carbons (Fsp3) is 0.579. The summed E-state index contributed by atoms with van der Waals surface area (Å²) >= 11 is 0. The van der Waals surface area contributed by atoms with Crippen LogP contribution in [0.2, 0.25) is 0 Å². The van der Waals surface area contributed by atoms with Gasteiger partial charge in [0.1, 0.15) is 0 Å². The molecule has 1 aromatic rings. The normalized spacial score (nSPS) is 19.4. The van der Waals surface area contributed by atoms with E-state index in [4.69, 9.17) is 4.74 Å². The van der Waals surface area contributed by atoms with Gasteiger partial charge in [0.2, 0.25) is 6.41 Å². The second-order valence-electron chi connectivity index (χ2n) is 6.85. The van der Waals surface area contributed by atoms with Crippen molar-refractivity contribution in [2.24, 2.45) is 0 Å². The van der Waals surface area contributed by atoms with Crippen LogP contribution >= 0.6 is 0 Å². The number of anilines is 1. The monoisotopic (exact) mass is 345 g/mol. The van der Waals surface area contributed by atoms with Crippen LogP contribution < -0.4 is 15.8 Å². The number of rotatable bonds is 6. The van der Waals surface area contributed by atoms with Gasteiger partial charge in [-0.3, -0.25) is 20.4 Å². The Labute approximate surface area is 148 Å². The highest BCUT2D eigenvalue weighted by atomic mass is 16.5. The van der Waals surface area contributed by atoms with Crippen molar-refractivity contribution in [1.29, 1.82) is 0 Å². The van der Waals surface area contributed by atoms with E-state index in [2.05, 4.69) is 15.8 Å². The molecule has 0 unspecified atom stereocenters. The van der Waals surface area contributed by atoms with E-state index >= 15 is 0 Å². The first-order chi connectivity index (χ1) is 12.3. The van der Waals surface area contributed by atoms with Gasteiger partial charge in [0.25, 0.3) is 5.91 Å². The number of piperidine rings is 1. The molecule has 0 spiro atoms. The number of amides is 2. The summed E-state index contributed by atoms with van der Waals surface area (Å²) in [4.78, 5) is 24.3. The number of ether oxygens (including phenoxy) is 1. The molecule has 6 heteroatoms. The van der Waals surface area contributed by atoms with Gasteiger partial charge in [-0.25, -0.2) is 0 Å². The lowest BCUT2D eigenvalue weighted by Gasteiger charge is -2.36. The van der Waals surface area contributed by atoms with E-state index in [1.165, 1.54) is 32.1 Å². The average Bonchev–Trinajstić information content (AvgIpc) is 2.68. The zero-order valence-electron chi connectivity index (χ0n) is 14.6. The Hall–Kier alpha value is -2.08. The Kier molecular flexibility index (Phi) is 6.28. The molecule has 1 saturated carbocycles. The molecule has 2 N–H and O–H groups in total. The third-order valence-corrected chi connectivity index (χ3v) is 5.12. The molecule has 6 nitrogen and oxygen atoms in total. The maximum atomic E-state index is 11.8. The number of hydrogen-bond donors (Lipinski definition) is 2. The zero-order chi connectivity index (χ0) is 17.5. The third-order valence-electron chi connectivity index (χ3n) is 5.12. The van der Waals surface area contributed by atoms with Crippen molar-refractivity contribution >= 4 is 18.0 Å². The topological polar surface area (TPSA) is 70.7 Å². The molecule has 2 fully saturated rings. The first-order valence-electron chi connectivity index (χ1n) is 9.26. The summed E-state index contributed by atoms with van der Waals surface area (Å²) in [5.41, 5.74) is 6.11. The van der Waals surface area contributed by atoms with Crippen molar-refractivity contribution in [1.82, 2.24) is 10.9 Å². The molecule has 1 aliphatic heterocycles. The van der Waals surface area contributed by atoms with E-state index in [0.29, 0.717) is 24.2 Å². The summed E-state index contributed by atoms with van der Waals surface area (Å²) in [6, 6.07) is 7.47. The lowest BCUT2D eigenvalue weighted by molar-refractivity contribution is -0.110. The molecule has 0 radical (unpaired) electrons. The van der Waals surface area contributed by atoms with Gasteiger partial charge in [-0.1, -0.05) is 19.3 Å². The summed E-state index contributed by atoms with van der Waals surface area (Å²) in [6.07, 6.45) is 9.85. The molecule has 2 aliphatic rings. The lowest BCUT2D eigenvalue weighted by atomic mass is 9.97. The number of hydrazine groups is 1. The molecular weight excluding hydrogens is 318 g/mol. The molecule has 0 bridgehead atoms. The Balaban J connectivity index is 1.47. The lowest BCUT2D eigenvalue weighted by Crippen LogP contribution is -2.39. The van der Waals surface area contributed by atoms with Crippen LogP contribution in [0.15, 0.2) is 24.3 Å². The molecule has 1 heterocycles. The Morgan fingerprint density at radius 1 is 1.00 bits per heavy atom. The second kappa shape index (κ2) is 8.85. The molecule has 0 atom stereocenters. The fourth-order valence-electron chi connectivity index (χ4n) is 3.71. The quantitative estimate of drug-likeness (QED) is 0.613. The molecule has 25 heavy (non-hydrogen) atoms.